The molecule has 0 bridgehead atoms. The van der Waals surface area contributed by atoms with Crippen LogP contribution in [0.3, 0.4) is 0 Å². The van der Waals surface area contributed by atoms with Gasteiger partial charge in [-0.3, -0.25) is 4.68 Å². The predicted octanol–water partition coefficient (Wildman–Crippen LogP) is 2.38. The number of aromatic nitrogens is 2. The highest BCUT2D eigenvalue weighted by atomic mass is 16.5. The van der Waals surface area contributed by atoms with Crippen molar-refractivity contribution in [3.8, 4) is 5.75 Å². The van der Waals surface area contributed by atoms with Crippen LogP contribution < -0.4 is 4.74 Å². The molecule has 0 saturated carbocycles. The summed E-state index contributed by atoms with van der Waals surface area (Å²) in [6.45, 7) is 2.90. The number of methoxy groups -OCH3 is 1. The molecular weight excluding hydrogens is 228 g/mol. The Hall–Kier alpha value is -1.81. The van der Waals surface area contributed by atoms with E-state index in [2.05, 4.69) is 12.0 Å². The molecule has 0 amide bonds. The molecule has 0 spiro atoms. The van der Waals surface area contributed by atoms with Crippen LogP contribution in [0, 0.1) is 0 Å². The van der Waals surface area contributed by atoms with Gasteiger partial charge < -0.3 is 9.84 Å². The van der Waals surface area contributed by atoms with Gasteiger partial charge >= 0.3 is 0 Å². The van der Waals surface area contributed by atoms with Gasteiger partial charge in [0.1, 0.15) is 11.9 Å². The van der Waals surface area contributed by atoms with Gasteiger partial charge in [-0.25, -0.2) is 0 Å². The first-order valence-electron chi connectivity index (χ1n) is 6.10. The molecule has 18 heavy (non-hydrogen) atoms. The lowest BCUT2D eigenvalue weighted by Crippen LogP contribution is -2.10. The number of aliphatic hydroxyl groups is 1. The van der Waals surface area contributed by atoms with E-state index in [0.29, 0.717) is 0 Å². The summed E-state index contributed by atoms with van der Waals surface area (Å²) in [5.41, 5.74) is 1.66. The van der Waals surface area contributed by atoms with Gasteiger partial charge in [-0.15, -0.1) is 0 Å². The Morgan fingerprint density at radius 2 is 2.00 bits per heavy atom. The van der Waals surface area contributed by atoms with Gasteiger partial charge in [0.05, 0.1) is 12.8 Å². The van der Waals surface area contributed by atoms with Gasteiger partial charge in [0.2, 0.25) is 0 Å². The molecule has 2 aromatic rings. The normalized spacial score (nSPS) is 12.4. The molecular formula is C14H18N2O2. The Morgan fingerprint density at radius 3 is 2.61 bits per heavy atom. The van der Waals surface area contributed by atoms with E-state index in [1.807, 2.05) is 35.0 Å². The second-order valence-electron chi connectivity index (χ2n) is 4.15. The van der Waals surface area contributed by atoms with Crippen molar-refractivity contribution >= 4 is 0 Å². The molecule has 1 atom stereocenters. The highest BCUT2D eigenvalue weighted by molar-refractivity contribution is 5.31. The first-order chi connectivity index (χ1) is 8.76. The minimum atomic E-state index is -0.648. The predicted molar refractivity (Wildman–Crippen MR) is 69.6 cm³/mol. The molecule has 0 aliphatic heterocycles. The van der Waals surface area contributed by atoms with Crippen molar-refractivity contribution in [3.63, 3.8) is 0 Å². The molecule has 4 nitrogen and oxygen atoms in total. The Labute approximate surface area is 107 Å². The van der Waals surface area contributed by atoms with Crippen LogP contribution in [0.25, 0.3) is 0 Å². The van der Waals surface area contributed by atoms with E-state index in [0.717, 1.165) is 30.0 Å². The molecule has 96 valence electrons. The van der Waals surface area contributed by atoms with E-state index >= 15 is 0 Å². The third-order valence-corrected chi connectivity index (χ3v) is 2.90. The summed E-state index contributed by atoms with van der Waals surface area (Å²) in [4.78, 5) is 0. The fourth-order valence-electron chi connectivity index (χ4n) is 1.93. The number of hydrogen-bond acceptors (Lipinski definition) is 3. The van der Waals surface area contributed by atoms with E-state index in [1.54, 1.807) is 13.3 Å². The molecule has 0 fully saturated rings. The number of aryl methyl sites for hydroxylation is 1. The van der Waals surface area contributed by atoms with Gasteiger partial charge in [0, 0.05) is 12.7 Å². The fraction of sp³-hybridized carbons (Fsp3) is 0.357. The smallest absolute Gasteiger partial charge is 0.121 e. The van der Waals surface area contributed by atoms with Gasteiger partial charge in [0.25, 0.3) is 0 Å². The van der Waals surface area contributed by atoms with E-state index in [4.69, 9.17) is 4.74 Å². The lowest BCUT2D eigenvalue weighted by Gasteiger charge is -2.13. The summed E-state index contributed by atoms with van der Waals surface area (Å²) in [5.74, 6) is 0.785. The van der Waals surface area contributed by atoms with Gasteiger partial charge in [-0.2, -0.15) is 5.10 Å². The highest BCUT2D eigenvalue weighted by Gasteiger charge is 2.14. The summed E-state index contributed by atoms with van der Waals surface area (Å²) in [5, 5.41) is 14.6. The van der Waals surface area contributed by atoms with Crippen molar-refractivity contribution in [1.29, 1.82) is 0 Å². The molecule has 1 unspecified atom stereocenters. The summed E-state index contributed by atoms with van der Waals surface area (Å²) in [7, 11) is 1.63. The van der Waals surface area contributed by atoms with Crippen LogP contribution in [0.15, 0.2) is 36.5 Å². The van der Waals surface area contributed by atoms with Crippen LogP contribution in [0.5, 0.6) is 5.75 Å². The quantitative estimate of drug-likeness (QED) is 0.881. The molecule has 2 rings (SSSR count). The number of rotatable bonds is 5. The van der Waals surface area contributed by atoms with Crippen LogP contribution in [-0.4, -0.2) is 22.0 Å². The monoisotopic (exact) mass is 246 g/mol. The Balaban J connectivity index is 2.23. The average Bonchev–Trinajstić information content (AvgIpc) is 2.87. The first-order valence-corrected chi connectivity index (χ1v) is 6.10. The first kappa shape index (κ1) is 12.6. The van der Waals surface area contributed by atoms with Crippen molar-refractivity contribution in [3.05, 3.63) is 47.8 Å². The maximum absolute atomic E-state index is 10.4. The summed E-state index contributed by atoms with van der Waals surface area (Å²) in [6.07, 6.45) is 2.06. The molecule has 0 aliphatic rings. The van der Waals surface area contributed by atoms with Crippen molar-refractivity contribution in [2.75, 3.05) is 7.11 Å². The SMILES string of the molecule is CCCn1nccc1C(O)c1ccc(OC)cc1. The Morgan fingerprint density at radius 1 is 1.28 bits per heavy atom. The summed E-state index contributed by atoms with van der Waals surface area (Å²) in [6, 6.07) is 9.28. The molecule has 1 heterocycles. The van der Waals surface area contributed by atoms with Crippen LogP contribution in [0.1, 0.15) is 30.7 Å². The Kier molecular flexibility index (Phi) is 3.99. The molecule has 0 aliphatic carbocycles. The minimum absolute atomic E-state index is 0.648. The van der Waals surface area contributed by atoms with Crippen molar-refractivity contribution < 1.29 is 9.84 Å². The second kappa shape index (κ2) is 5.69. The number of aliphatic hydroxyl groups excluding tert-OH is 1. The lowest BCUT2D eigenvalue weighted by atomic mass is 10.1. The van der Waals surface area contributed by atoms with E-state index < -0.39 is 6.10 Å². The number of ether oxygens (including phenoxy) is 1. The topological polar surface area (TPSA) is 47.3 Å². The number of benzene rings is 1. The van der Waals surface area contributed by atoms with Crippen LogP contribution in [0.2, 0.25) is 0 Å². The largest absolute Gasteiger partial charge is 0.497 e. The number of hydrogen-bond donors (Lipinski definition) is 1. The van der Waals surface area contributed by atoms with Crippen LogP contribution in [-0.2, 0) is 6.54 Å². The maximum Gasteiger partial charge on any atom is 0.121 e. The van der Waals surface area contributed by atoms with Crippen LogP contribution >= 0.6 is 0 Å². The zero-order chi connectivity index (χ0) is 13.0. The highest BCUT2D eigenvalue weighted by Crippen LogP contribution is 2.23. The summed E-state index contributed by atoms with van der Waals surface area (Å²) < 4.78 is 6.94. The zero-order valence-corrected chi connectivity index (χ0v) is 10.7. The van der Waals surface area contributed by atoms with Gasteiger partial charge in [-0.1, -0.05) is 19.1 Å². The van der Waals surface area contributed by atoms with Crippen LogP contribution in [0.4, 0.5) is 0 Å². The van der Waals surface area contributed by atoms with Crippen molar-refractivity contribution in [2.45, 2.75) is 26.0 Å². The molecule has 4 heteroatoms. The zero-order valence-electron chi connectivity index (χ0n) is 10.7. The van der Waals surface area contributed by atoms with Gasteiger partial charge in [0.15, 0.2) is 0 Å². The lowest BCUT2D eigenvalue weighted by molar-refractivity contribution is 0.207. The molecule has 0 radical (unpaired) electrons. The van der Waals surface area contributed by atoms with E-state index in [9.17, 15) is 5.11 Å². The van der Waals surface area contributed by atoms with Gasteiger partial charge in [-0.05, 0) is 30.2 Å². The Bertz CT molecular complexity index is 491. The number of nitrogens with zero attached hydrogens (tertiary/aromatic N) is 2. The minimum Gasteiger partial charge on any atom is -0.497 e. The van der Waals surface area contributed by atoms with E-state index in [-0.39, 0.29) is 0 Å². The molecule has 1 aromatic heterocycles. The summed E-state index contributed by atoms with van der Waals surface area (Å²) >= 11 is 0. The van der Waals surface area contributed by atoms with Crippen molar-refractivity contribution in [2.24, 2.45) is 0 Å². The third kappa shape index (κ3) is 2.54. The van der Waals surface area contributed by atoms with Crippen molar-refractivity contribution in [1.82, 2.24) is 9.78 Å². The van der Waals surface area contributed by atoms with E-state index in [1.165, 1.54) is 0 Å². The molecule has 0 saturated heterocycles. The average molecular weight is 246 g/mol. The standard InChI is InChI=1S/C14H18N2O2/c1-3-10-16-13(8-9-15-16)14(17)11-4-6-12(18-2)7-5-11/h4-9,14,17H,3,10H2,1-2H3. The second-order valence-corrected chi connectivity index (χ2v) is 4.15. The molecule has 1 N–H and O–H groups in total. The molecule has 1 aromatic carbocycles. The fourth-order valence-corrected chi connectivity index (χ4v) is 1.93. The third-order valence-electron chi connectivity index (χ3n) is 2.90. The maximum atomic E-state index is 10.4.